The lowest BCUT2D eigenvalue weighted by Crippen LogP contribution is -2.47. The number of thioether (sulfide) groups is 1. The molecule has 2 fully saturated rings. The van der Waals surface area contributed by atoms with Crippen LogP contribution in [0.25, 0.3) is 10.8 Å². The van der Waals surface area contributed by atoms with Gasteiger partial charge in [0.25, 0.3) is 0 Å². The van der Waals surface area contributed by atoms with E-state index in [1.54, 1.807) is 16.7 Å². The van der Waals surface area contributed by atoms with E-state index < -0.39 is 6.17 Å². The Hall–Kier alpha value is -2.05. The van der Waals surface area contributed by atoms with Crippen molar-refractivity contribution >= 4 is 34.4 Å². The van der Waals surface area contributed by atoms with Gasteiger partial charge in [-0.3, -0.25) is 15.0 Å². The molecule has 0 aliphatic carbocycles. The topological polar surface area (TPSA) is 58.6 Å². The van der Waals surface area contributed by atoms with Gasteiger partial charge in [-0.25, -0.2) is 4.79 Å². The standard InChI is InChI=1S/C16H14N2O3S/c19-13-8-22-15(18(13)14-16(20)21-9-17-14)12-7-3-5-10-4-1-2-6-11(10)12/h1-7,14-15,17H,8-9H2. The number of carbonyl (C=O) groups excluding carboxylic acids is 2. The number of nitrogens with zero attached hydrogens (tertiary/aromatic N) is 1. The minimum atomic E-state index is -0.688. The SMILES string of the molecule is O=C1OCNC1N1C(=O)CSC1c1cccc2ccccc12. The highest BCUT2D eigenvalue weighted by molar-refractivity contribution is 8.00. The molecule has 0 bridgehead atoms. The second-order valence-corrected chi connectivity index (χ2v) is 6.32. The summed E-state index contributed by atoms with van der Waals surface area (Å²) in [5.41, 5.74) is 1.05. The van der Waals surface area contributed by atoms with Crippen LogP contribution in [0.15, 0.2) is 42.5 Å². The molecule has 2 aromatic rings. The number of ether oxygens (including phenoxy) is 1. The molecule has 6 heteroatoms. The van der Waals surface area contributed by atoms with Crippen molar-refractivity contribution in [3.63, 3.8) is 0 Å². The van der Waals surface area contributed by atoms with Crippen LogP contribution in [0.4, 0.5) is 0 Å². The molecule has 2 heterocycles. The van der Waals surface area contributed by atoms with E-state index in [9.17, 15) is 9.59 Å². The zero-order valence-corrected chi connectivity index (χ0v) is 12.5. The zero-order valence-electron chi connectivity index (χ0n) is 11.7. The van der Waals surface area contributed by atoms with Crippen molar-refractivity contribution in [3.8, 4) is 0 Å². The third-order valence-corrected chi connectivity index (χ3v) is 5.20. The minimum absolute atomic E-state index is 0.0423. The first-order valence-corrected chi connectivity index (χ1v) is 8.11. The summed E-state index contributed by atoms with van der Waals surface area (Å²) in [6.45, 7) is 0.153. The van der Waals surface area contributed by atoms with Gasteiger partial charge in [0.05, 0.1) is 5.75 Å². The summed E-state index contributed by atoms with van der Waals surface area (Å²) < 4.78 is 4.94. The largest absolute Gasteiger partial charge is 0.447 e. The van der Waals surface area contributed by atoms with Gasteiger partial charge in [0.2, 0.25) is 5.91 Å². The summed E-state index contributed by atoms with van der Waals surface area (Å²) >= 11 is 1.54. The van der Waals surface area contributed by atoms with Crippen LogP contribution in [0.5, 0.6) is 0 Å². The number of esters is 1. The molecular formula is C16H14N2O3S. The molecule has 2 unspecified atom stereocenters. The van der Waals surface area contributed by atoms with Crippen LogP contribution in [0, 0.1) is 0 Å². The minimum Gasteiger partial charge on any atom is -0.447 e. The van der Waals surface area contributed by atoms with Crippen molar-refractivity contribution in [2.24, 2.45) is 0 Å². The fourth-order valence-electron chi connectivity index (χ4n) is 2.99. The van der Waals surface area contributed by atoms with Crippen LogP contribution in [-0.2, 0) is 14.3 Å². The van der Waals surface area contributed by atoms with Crippen molar-refractivity contribution < 1.29 is 14.3 Å². The van der Waals surface area contributed by atoms with Crippen LogP contribution in [0.3, 0.4) is 0 Å². The van der Waals surface area contributed by atoms with Crippen LogP contribution in [0.1, 0.15) is 10.9 Å². The number of hydrogen-bond acceptors (Lipinski definition) is 5. The van der Waals surface area contributed by atoms with Gasteiger partial charge in [-0.2, -0.15) is 0 Å². The number of fused-ring (bicyclic) bond motifs is 1. The van der Waals surface area contributed by atoms with Crippen LogP contribution in [-0.4, -0.2) is 35.4 Å². The summed E-state index contributed by atoms with van der Waals surface area (Å²) in [5, 5.41) is 5.00. The third kappa shape index (κ3) is 2.07. The van der Waals surface area contributed by atoms with Crippen molar-refractivity contribution in [1.82, 2.24) is 10.2 Å². The van der Waals surface area contributed by atoms with E-state index in [2.05, 4.69) is 5.32 Å². The van der Waals surface area contributed by atoms with Crippen LogP contribution >= 0.6 is 11.8 Å². The number of carbonyl (C=O) groups is 2. The van der Waals surface area contributed by atoms with E-state index in [1.807, 2.05) is 42.5 Å². The molecule has 1 amide bonds. The van der Waals surface area contributed by atoms with Gasteiger partial charge in [-0.1, -0.05) is 42.5 Å². The normalized spacial score (nSPS) is 25.0. The number of nitrogens with one attached hydrogen (secondary N) is 1. The number of rotatable bonds is 2. The maximum atomic E-state index is 12.3. The van der Waals surface area contributed by atoms with Crippen molar-refractivity contribution in [1.29, 1.82) is 0 Å². The van der Waals surface area contributed by atoms with Gasteiger partial charge < -0.3 is 4.74 Å². The molecule has 5 nitrogen and oxygen atoms in total. The molecule has 0 radical (unpaired) electrons. The van der Waals surface area contributed by atoms with Crippen LogP contribution < -0.4 is 5.32 Å². The molecule has 1 N–H and O–H groups in total. The Bertz CT molecular complexity index is 759. The first-order valence-electron chi connectivity index (χ1n) is 7.06. The molecule has 0 spiro atoms. The van der Waals surface area contributed by atoms with Gasteiger partial charge in [0, 0.05) is 0 Å². The Morgan fingerprint density at radius 2 is 1.95 bits per heavy atom. The van der Waals surface area contributed by atoms with Crippen molar-refractivity contribution in [2.45, 2.75) is 11.5 Å². The maximum Gasteiger partial charge on any atom is 0.345 e. The van der Waals surface area contributed by atoms with E-state index in [-0.39, 0.29) is 24.0 Å². The average molecular weight is 314 g/mol. The number of benzene rings is 2. The Balaban J connectivity index is 1.79. The Morgan fingerprint density at radius 1 is 1.14 bits per heavy atom. The first-order chi connectivity index (χ1) is 10.8. The molecule has 22 heavy (non-hydrogen) atoms. The first kappa shape index (κ1) is 13.6. The molecule has 112 valence electrons. The van der Waals surface area contributed by atoms with Crippen molar-refractivity contribution in [2.75, 3.05) is 12.5 Å². The fraction of sp³-hybridized carbons (Fsp3) is 0.250. The lowest BCUT2D eigenvalue weighted by Gasteiger charge is -2.28. The second-order valence-electron chi connectivity index (χ2n) is 5.25. The van der Waals surface area contributed by atoms with Crippen molar-refractivity contribution in [3.05, 3.63) is 48.0 Å². The van der Waals surface area contributed by atoms with E-state index in [4.69, 9.17) is 4.74 Å². The highest BCUT2D eigenvalue weighted by Crippen LogP contribution is 2.42. The monoisotopic (exact) mass is 314 g/mol. The van der Waals surface area contributed by atoms with Crippen LogP contribution in [0.2, 0.25) is 0 Å². The Labute approximate surface area is 131 Å². The third-order valence-electron chi connectivity index (χ3n) is 3.99. The number of cyclic esters (lactones) is 1. The van der Waals surface area contributed by atoms with E-state index >= 15 is 0 Å². The summed E-state index contributed by atoms with van der Waals surface area (Å²) in [7, 11) is 0. The summed E-state index contributed by atoms with van der Waals surface area (Å²) in [6, 6.07) is 14.1. The Kier molecular flexibility index (Phi) is 3.28. The molecule has 2 saturated heterocycles. The summed E-state index contributed by atoms with van der Waals surface area (Å²) in [5.74, 6) is -0.0559. The molecule has 0 aromatic heterocycles. The van der Waals surface area contributed by atoms with E-state index in [0.717, 1.165) is 16.3 Å². The zero-order chi connectivity index (χ0) is 15.1. The lowest BCUT2D eigenvalue weighted by atomic mass is 10.0. The number of hydrogen-bond donors (Lipinski definition) is 1. The molecule has 2 aromatic carbocycles. The predicted molar refractivity (Wildman–Crippen MR) is 83.9 cm³/mol. The second kappa shape index (κ2) is 5.30. The average Bonchev–Trinajstić information content (AvgIpc) is 3.12. The maximum absolute atomic E-state index is 12.3. The molecule has 2 atom stereocenters. The quantitative estimate of drug-likeness (QED) is 0.857. The number of amides is 1. The molecule has 0 saturated carbocycles. The highest BCUT2D eigenvalue weighted by atomic mass is 32.2. The molecular weight excluding hydrogens is 300 g/mol. The Morgan fingerprint density at radius 3 is 2.77 bits per heavy atom. The summed E-state index contributed by atoms with van der Waals surface area (Å²) in [6.07, 6.45) is -0.688. The molecule has 2 aliphatic rings. The van der Waals surface area contributed by atoms with Gasteiger partial charge in [0.1, 0.15) is 12.1 Å². The highest BCUT2D eigenvalue weighted by Gasteiger charge is 2.44. The predicted octanol–water partition coefficient (Wildman–Crippen LogP) is 1.84. The molecule has 4 rings (SSSR count). The fourth-order valence-corrected chi connectivity index (χ4v) is 4.22. The smallest absolute Gasteiger partial charge is 0.345 e. The van der Waals surface area contributed by atoms with Gasteiger partial charge >= 0.3 is 5.97 Å². The molecule has 2 aliphatic heterocycles. The van der Waals surface area contributed by atoms with Gasteiger partial charge in [-0.05, 0) is 16.3 Å². The van der Waals surface area contributed by atoms with E-state index in [0.29, 0.717) is 5.75 Å². The van der Waals surface area contributed by atoms with Gasteiger partial charge in [-0.15, -0.1) is 11.8 Å². The van der Waals surface area contributed by atoms with E-state index in [1.165, 1.54) is 0 Å². The lowest BCUT2D eigenvalue weighted by molar-refractivity contribution is -0.147. The summed E-state index contributed by atoms with van der Waals surface area (Å²) in [4.78, 5) is 25.8. The van der Waals surface area contributed by atoms with Gasteiger partial charge in [0.15, 0.2) is 6.17 Å².